The van der Waals surface area contributed by atoms with Crippen LogP contribution in [0.3, 0.4) is 0 Å². The average molecular weight is 254 g/mol. The van der Waals surface area contributed by atoms with Gasteiger partial charge in [-0.2, -0.15) is 0 Å². The third-order valence-corrected chi connectivity index (χ3v) is 2.66. The fourth-order valence-electron chi connectivity index (χ4n) is 1.61. The van der Waals surface area contributed by atoms with E-state index < -0.39 is 5.82 Å². The Kier molecular flexibility index (Phi) is 5.58. The lowest BCUT2D eigenvalue weighted by Crippen LogP contribution is -2.27. The highest BCUT2D eigenvalue weighted by Crippen LogP contribution is 2.21. The summed E-state index contributed by atoms with van der Waals surface area (Å²) in [5.41, 5.74) is 6.03. The number of carbonyl (C=O) groups is 1. The van der Waals surface area contributed by atoms with E-state index in [1.165, 1.54) is 13.2 Å². The second kappa shape index (κ2) is 6.96. The van der Waals surface area contributed by atoms with Gasteiger partial charge in [0.05, 0.1) is 13.2 Å². The highest BCUT2D eigenvalue weighted by atomic mass is 19.1. The summed E-state index contributed by atoms with van der Waals surface area (Å²) in [6.45, 7) is 2.29. The molecule has 1 rings (SSSR count). The predicted molar refractivity (Wildman–Crippen MR) is 67.8 cm³/mol. The highest BCUT2D eigenvalue weighted by Gasteiger charge is 2.11. The van der Waals surface area contributed by atoms with Gasteiger partial charge in [-0.3, -0.25) is 4.79 Å². The summed E-state index contributed by atoms with van der Waals surface area (Å²) in [5.74, 6) is -0.317. The second-order valence-electron chi connectivity index (χ2n) is 4.08. The molecule has 0 heterocycles. The number of benzene rings is 1. The Labute approximate surface area is 106 Å². The zero-order valence-corrected chi connectivity index (χ0v) is 10.7. The van der Waals surface area contributed by atoms with Crippen molar-refractivity contribution in [2.45, 2.75) is 25.8 Å². The smallest absolute Gasteiger partial charge is 0.220 e. The number of nitrogens with one attached hydrogen (secondary N) is 1. The first-order valence-electron chi connectivity index (χ1n) is 5.91. The van der Waals surface area contributed by atoms with Crippen LogP contribution < -0.4 is 15.8 Å². The first kappa shape index (κ1) is 14.4. The molecule has 1 unspecified atom stereocenters. The molecule has 0 aliphatic carbocycles. The summed E-state index contributed by atoms with van der Waals surface area (Å²) in [7, 11) is 1.41. The molecule has 1 atom stereocenters. The van der Waals surface area contributed by atoms with Gasteiger partial charge in [0.2, 0.25) is 5.91 Å². The van der Waals surface area contributed by atoms with Crippen LogP contribution in [0.15, 0.2) is 18.2 Å². The van der Waals surface area contributed by atoms with Crippen LogP contribution in [0.2, 0.25) is 0 Å². The molecule has 0 saturated carbocycles. The van der Waals surface area contributed by atoms with Gasteiger partial charge in [0.25, 0.3) is 0 Å². The molecule has 0 fully saturated rings. The molecular weight excluding hydrogens is 235 g/mol. The van der Waals surface area contributed by atoms with E-state index >= 15 is 0 Å². The number of ether oxygens (including phenoxy) is 1. The van der Waals surface area contributed by atoms with E-state index in [1.807, 2.05) is 6.92 Å². The second-order valence-corrected chi connectivity index (χ2v) is 4.08. The number of nitrogens with two attached hydrogens (primary N) is 1. The number of hydrogen-bond acceptors (Lipinski definition) is 3. The summed E-state index contributed by atoms with van der Waals surface area (Å²) < 4.78 is 18.3. The molecule has 5 heteroatoms. The highest BCUT2D eigenvalue weighted by molar-refractivity contribution is 5.76. The molecule has 1 aromatic rings. The fraction of sp³-hybridized carbons (Fsp3) is 0.462. The van der Waals surface area contributed by atoms with Crippen molar-refractivity contribution in [3.63, 3.8) is 0 Å². The lowest BCUT2D eigenvalue weighted by atomic mass is 10.1. The van der Waals surface area contributed by atoms with Gasteiger partial charge in [0.15, 0.2) is 11.6 Å². The topological polar surface area (TPSA) is 64.3 Å². The van der Waals surface area contributed by atoms with Crippen molar-refractivity contribution in [1.82, 2.24) is 5.32 Å². The van der Waals surface area contributed by atoms with Crippen molar-refractivity contribution in [2.24, 2.45) is 5.73 Å². The lowest BCUT2D eigenvalue weighted by molar-refractivity contribution is -0.121. The summed E-state index contributed by atoms with van der Waals surface area (Å²) in [4.78, 5) is 11.5. The van der Waals surface area contributed by atoms with Crippen LogP contribution in [-0.4, -0.2) is 19.6 Å². The average Bonchev–Trinajstić information content (AvgIpc) is 2.36. The number of halogens is 1. The normalized spacial score (nSPS) is 12.0. The Bertz CT molecular complexity index is 410. The van der Waals surface area contributed by atoms with Gasteiger partial charge in [0, 0.05) is 6.42 Å². The standard InChI is InChI=1S/C13H19FN2O2/c1-9(16-13(17)4-3-7-15)10-5-6-12(18-2)11(14)8-10/h5-6,8-9H,3-4,7,15H2,1-2H3,(H,16,17). The van der Waals surface area contributed by atoms with Crippen LogP contribution in [0.4, 0.5) is 4.39 Å². The summed E-state index contributed by atoms with van der Waals surface area (Å²) >= 11 is 0. The van der Waals surface area contributed by atoms with E-state index in [9.17, 15) is 9.18 Å². The number of hydrogen-bond donors (Lipinski definition) is 2. The first-order valence-corrected chi connectivity index (χ1v) is 5.91. The summed E-state index contributed by atoms with van der Waals surface area (Å²) in [6.07, 6.45) is 1.04. The van der Waals surface area contributed by atoms with Crippen molar-refractivity contribution >= 4 is 5.91 Å². The van der Waals surface area contributed by atoms with Gasteiger partial charge in [0.1, 0.15) is 0 Å². The minimum atomic E-state index is -0.432. The SMILES string of the molecule is COc1ccc(C(C)NC(=O)CCCN)cc1F. The van der Waals surface area contributed by atoms with Crippen LogP contribution in [-0.2, 0) is 4.79 Å². The number of methoxy groups -OCH3 is 1. The molecule has 100 valence electrons. The zero-order valence-electron chi connectivity index (χ0n) is 10.7. The molecule has 1 amide bonds. The Morgan fingerprint density at radius 1 is 1.56 bits per heavy atom. The van der Waals surface area contributed by atoms with Gasteiger partial charge < -0.3 is 15.8 Å². The van der Waals surface area contributed by atoms with Gasteiger partial charge in [-0.05, 0) is 37.6 Å². The van der Waals surface area contributed by atoms with E-state index in [0.29, 0.717) is 24.9 Å². The Hall–Kier alpha value is -1.62. The van der Waals surface area contributed by atoms with Crippen LogP contribution in [0.25, 0.3) is 0 Å². The van der Waals surface area contributed by atoms with Crippen LogP contribution in [0.1, 0.15) is 31.4 Å². The number of rotatable bonds is 6. The third kappa shape index (κ3) is 4.00. The molecule has 0 aliphatic rings. The molecule has 0 bridgehead atoms. The van der Waals surface area contributed by atoms with E-state index in [0.717, 1.165) is 0 Å². The maximum Gasteiger partial charge on any atom is 0.220 e. The quantitative estimate of drug-likeness (QED) is 0.813. The largest absolute Gasteiger partial charge is 0.494 e. The van der Waals surface area contributed by atoms with Crippen LogP contribution >= 0.6 is 0 Å². The van der Waals surface area contributed by atoms with Crippen molar-refractivity contribution in [1.29, 1.82) is 0 Å². The molecular formula is C13H19FN2O2. The lowest BCUT2D eigenvalue weighted by Gasteiger charge is -2.15. The maximum absolute atomic E-state index is 13.5. The van der Waals surface area contributed by atoms with E-state index in [-0.39, 0.29) is 17.7 Å². The van der Waals surface area contributed by atoms with Gasteiger partial charge in [-0.15, -0.1) is 0 Å². The molecule has 0 spiro atoms. The number of carbonyl (C=O) groups excluding carboxylic acids is 1. The van der Waals surface area contributed by atoms with E-state index in [4.69, 9.17) is 10.5 Å². The van der Waals surface area contributed by atoms with Crippen LogP contribution in [0, 0.1) is 5.82 Å². The molecule has 0 aromatic heterocycles. The van der Waals surface area contributed by atoms with Gasteiger partial charge in [-0.1, -0.05) is 6.07 Å². The molecule has 1 aromatic carbocycles. The van der Waals surface area contributed by atoms with Crippen molar-refractivity contribution < 1.29 is 13.9 Å². The van der Waals surface area contributed by atoms with Gasteiger partial charge in [-0.25, -0.2) is 4.39 Å². The van der Waals surface area contributed by atoms with Crippen molar-refractivity contribution in [2.75, 3.05) is 13.7 Å². The molecule has 3 N–H and O–H groups in total. The number of amides is 1. The third-order valence-electron chi connectivity index (χ3n) is 2.66. The molecule has 0 saturated heterocycles. The Balaban J connectivity index is 2.63. The molecule has 18 heavy (non-hydrogen) atoms. The zero-order chi connectivity index (χ0) is 13.5. The van der Waals surface area contributed by atoms with Gasteiger partial charge >= 0.3 is 0 Å². The fourth-order valence-corrected chi connectivity index (χ4v) is 1.61. The van der Waals surface area contributed by atoms with Crippen LogP contribution in [0.5, 0.6) is 5.75 Å². The van der Waals surface area contributed by atoms with Crippen molar-refractivity contribution in [3.05, 3.63) is 29.6 Å². The van der Waals surface area contributed by atoms with Crippen molar-refractivity contribution in [3.8, 4) is 5.75 Å². The molecule has 4 nitrogen and oxygen atoms in total. The maximum atomic E-state index is 13.5. The summed E-state index contributed by atoms with van der Waals surface area (Å²) in [5, 5.41) is 2.79. The first-order chi connectivity index (χ1) is 8.58. The summed E-state index contributed by atoms with van der Waals surface area (Å²) in [6, 6.07) is 4.41. The van der Waals surface area contributed by atoms with E-state index in [2.05, 4.69) is 5.32 Å². The van der Waals surface area contributed by atoms with E-state index in [1.54, 1.807) is 12.1 Å². The predicted octanol–water partition coefficient (Wildman–Crippen LogP) is 1.75. The molecule has 0 radical (unpaired) electrons. The monoisotopic (exact) mass is 254 g/mol. The minimum absolute atomic E-state index is 0.0795. The molecule has 0 aliphatic heterocycles. The Morgan fingerprint density at radius 3 is 2.83 bits per heavy atom. The minimum Gasteiger partial charge on any atom is -0.494 e. The Morgan fingerprint density at radius 2 is 2.28 bits per heavy atom.